The van der Waals surface area contributed by atoms with Gasteiger partial charge in [-0.25, -0.2) is 0 Å². The number of carbonyl (C=O) groups is 1. The number of carbonyl (C=O) groups excluding carboxylic acids is 1. The number of aromatic nitrogens is 2. The molecule has 0 unspecified atom stereocenters. The summed E-state index contributed by atoms with van der Waals surface area (Å²) in [6, 6.07) is 0. The fourth-order valence-electron chi connectivity index (χ4n) is 2.70. The van der Waals surface area contributed by atoms with E-state index in [1.165, 1.54) is 0 Å². The number of likely N-dealkylation sites (tertiary alicyclic amines) is 1. The average Bonchev–Trinajstić information content (AvgIpc) is 2.88. The first-order valence-electron chi connectivity index (χ1n) is 7.79. The zero-order valence-corrected chi connectivity index (χ0v) is 13.0. The molecule has 2 N–H and O–H groups in total. The van der Waals surface area contributed by atoms with E-state index < -0.39 is 0 Å². The number of piperidine rings is 1. The van der Waals surface area contributed by atoms with Gasteiger partial charge in [0, 0.05) is 32.9 Å². The van der Waals surface area contributed by atoms with Gasteiger partial charge in [-0.15, -0.1) is 0 Å². The van der Waals surface area contributed by atoms with Crippen LogP contribution in [0.5, 0.6) is 0 Å². The van der Waals surface area contributed by atoms with E-state index >= 15 is 0 Å². The molecule has 21 heavy (non-hydrogen) atoms. The van der Waals surface area contributed by atoms with Crippen LogP contribution >= 0.6 is 0 Å². The fourth-order valence-corrected chi connectivity index (χ4v) is 2.70. The lowest BCUT2D eigenvalue weighted by Crippen LogP contribution is -2.41. The van der Waals surface area contributed by atoms with E-state index in [1.54, 1.807) is 4.68 Å². The molecule has 1 amide bonds. The summed E-state index contributed by atoms with van der Waals surface area (Å²) in [6.07, 6.45) is 5.57. The standard InChI is InChI=1S/C15H26N4O2/c1-3-14-13(11-18(2)17-14)15(20)19-8-5-12(6-9-19)21-10-4-7-16/h11-12H,3-10,16H2,1-2H3. The Kier molecular flexibility index (Phi) is 5.76. The van der Waals surface area contributed by atoms with Crippen molar-refractivity contribution in [2.45, 2.75) is 38.7 Å². The molecule has 1 aromatic heterocycles. The average molecular weight is 294 g/mol. The van der Waals surface area contributed by atoms with Crippen LogP contribution in [0.1, 0.15) is 42.2 Å². The maximum Gasteiger partial charge on any atom is 0.257 e. The van der Waals surface area contributed by atoms with Crippen molar-refractivity contribution in [1.82, 2.24) is 14.7 Å². The highest BCUT2D eigenvalue weighted by atomic mass is 16.5. The van der Waals surface area contributed by atoms with Gasteiger partial charge in [0.05, 0.1) is 17.4 Å². The van der Waals surface area contributed by atoms with Gasteiger partial charge in [-0.3, -0.25) is 9.48 Å². The molecule has 1 aliphatic heterocycles. The molecule has 1 fully saturated rings. The van der Waals surface area contributed by atoms with Gasteiger partial charge in [0.2, 0.25) is 0 Å². The SMILES string of the molecule is CCc1nn(C)cc1C(=O)N1CCC(OCCCN)CC1. The van der Waals surface area contributed by atoms with E-state index in [4.69, 9.17) is 10.5 Å². The molecule has 1 saturated heterocycles. The largest absolute Gasteiger partial charge is 0.378 e. The third-order valence-electron chi connectivity index (χ3n) is 3.90. The number of nitrogens with two attached hydrogens (primary N) is 1. The van der Waals surface area contributed by atoms with Crippen molar-refractivity contribution in [1.29, 1.82) is 0 Å². The minimum absolute atomic E-state index is 0.0976. The number of hydrogen-bond donors (Lipinski definition) is 1. The van der Waals surface area contributed by atoms with Crippen molar-refractivity contribution in [2.24, 2.45) is 12.8 Å². The summed E-state index contributed by atoms with van der Waals surface area (Å²) in [7, 11) is 1.85. The highest BCUT2D eigenvalue weighted by molar-refractivity contribution is 5.95. The molecule has 6 heteroatoms. The number of aryl methyl sites for hydroxylation is 2. The van der Waals surface area contributed by atoms with E-state index in [2.05, 4.69) is 5.10 Å². The quantitative estimate of drug-likeness (QED) is 0.793. The molecule has 0 atom stereocenters. The van der Waals surface area contributed by atoms with E-state index in [0.717, 1.165) is 56.6 Å². The number of ether oxygens (including phenoxy) is 1. The molecule has 6 nitrogen and oxygen atoms in total. The Morgan fingerprint density at radius 2 is 2.19 bits per heavy atom. The third kappa shape index (κ3) is 4.04. The molecule has 1 aromatic rings. The Morgan fingerprint density at radius 3 is 2.81 bits per heavy atom. The maximum atomic E-state index is 12.6. The molecule has 0 aromatic carbocycles. The zero-order valence-electron chi connectivity index (χ0n) is 13.0. The van der Waals surface area contributed by atoms with Crippen LogP contribution in [-0.4, -0.2) is 52.9 Å². The predicted octanol–water partition coefficient (Wildman–Crippen LogP) is 0.953. The third-order valence-corrected chi connectivity index (χ3v) is 3.90. The Hall–Kier alpha value is -1.40. The van der Waals surface area contributed by atoms with Gasteiger partial charge < -0.3 is 15.4 Å². The van der Waals surface area contributed by atoms with Gasteiger partial charge in [-0.05, 0) is 32.2 Å². The minimum Gasteiger partial charge on any atom is -0.378 e. The molecule has 2 heterocycles. The second kappa shape index (κ2) is 7.56. The van der Waals surface area contributed by atoms with E-state index in [0.29, 0.717) is 6.54 Å². The lowest BCUT2D eigenvalue weighted by Gasteiger charge is -2.32. The van der Waals surface area contributed by atoms with Crippen LogP contribution in [0.3, 0.4) is 0 Å². The number of hydrogen-bond acceptors (Lipinski definition) is 4. The topological polar surface area (TPSA) is 73.4 Å². The van der Waals surface area contributed by atoms with Gasteiger partial charge in [0.25, 0.3) is 5.91 Å². The van der Waals surface area contributed by atoms with Gasteiger partial charge in [-0.1, -0.05) is 6.92 Å². The molecule has 118 valence electrons. The van der Waals surface area contributed by atoms with Gasteiger partial charge in [-0.2, -0.15) is 5.10 Å². The highest BCUT2D eigenvalue weighted by Crippen LogP contribution is 2.18. The first-order valence-corrected chi connectivity index (χ1v) is 7.79. The van der Waals surface area contributed by atoms with Crippen molar-refractivity contribution < 1.29 is 9.53 Å². The Balaban J connectivity index is 1.88. The normalized spacial score (nSPS) is 16.4. The van der Waals surface area contributed by atoms with Crippen molar-refractivity contribution in [3.8, 4) is 0 Å². The van der Waals surface area contributed by atoms with Crippen LogP contribution in [0.2, 0.25) is 0 Å². The van der Waals surface area contributed by atoms with Crippen LogP contribution in [0.15, 0.2) is 6.20 Å². The second-order valence-corrected chi connectivity index (χ2v) is 5.52. The van der Waals surface area contributed by atoms with E-state index in [-0.39, 0.29) is 12.0 Å². The second-order valence-electron chi connectivity index (χ2n) is 5.52. The van der Waals surface area contributed by atoms with Crippen LogP contribution < -0.4 is 5.73 Å². The fraction of sp³-hybridized carbons (Fsp3) is 0.733. The van der Waals surface area contributed by atoms with Crippen molar-refractivity contribution in [3.63, 3.8) is 0 Å². The Morgan fingerprint density at radius 1 is 1.48 bits per heavy atom. The predicted molar refractivity (Wildman–Crippen MR) is 81.1 cm³/mol. The van der Waals surface area contributed by atoms with Crippen LogP contribution in [0.4, 0.5) is 0 Å². The van der Waals surface area contributed by atoms with Crippen LogP contribution in [-0.2, 0) is 18.2 Å². The zero-order chi connectivity index (χ0) is 15.2. The lowest BCUT2D eigenvalue weighted by molar-refractivity contribution is 0.00842. The summed E-state index contributed by atoms with van der Waals surface area (Å²) < 4.78 is 7.49. The summed E-state index contributed by atoms with van der Waals surface area (Å²) in [5, 5.41) is 4.34. The molecule has 0 radical (unpaired) electrons. The number of rotatable bonds is 6. The number of amides is 1. The van der Waals surface area contributed by atoms with Crippen molar-refractivity contribution >= 4 is 5.91 Å². The minimum atomic E-state index is 0.0976. The summed E-state index contributed by atoms with van der Waals surface area (Å²) in [6.45, 7) is 4.92. The van der Waals surface area contributed by atoms with Crippen LogP contribution in [0, 0.1) is 0 Å². The van der Waals surface area contributed by atoms with Crippen molar-refractivity contribution in [2.75, 3.05) is 26.2 Å². The monoisotopic (exact) mass is 294 g/mol. The van der Waals surface area contributed by atoms with Gasteiger partial charge in [0.1, 0.15) is 0 Å². The Labute approximate surface area is 126 Å². The molecule has 0 bridgehead atoms. The van der Waals surface area contributed by atoms with Crippen molar-refractivity contribution in [3.05, 3.63) is 17.5 Å². The molecule has 2 rings (SSSR count). The summed E-state index contributed by atoms with van der Waals surface area (Å²) >= 11 is 0. The van der Waals surface area contributed by atoms with Gasteiger partial charge >= 0.3 is 0 Å². The van der Waals surface area contributed by atoms with E-state index in [1.807, 2.05) is 25.1 Å². The Bertz CT molecular complexity index is 464. The number of nitrogens with zero attached hydrogens (tertiary/aromatic N) is 3. The molecule has 0 saturated carbocycles. The lowest BCUT2D eigenvalue weighted by atomic mass is 10.1. The molecular formula is C15H26N4O2. The van der Waals surface area contributed by atoms with Gasteiger partial charge in [0.15, 0.2) is 0 Å². The summed E-state index contributed by atoms with van der Waals surface area (Å²) in [5.74, 6) is 0.0976. The summed E-state index contributed by atoms with van der Waals surface area (Å²) in [4.78, 5) is 14.5. The first kappa shape index (κ1) is 16.0. The first-order chi connectivity index (χ1) is 10.2. The highest BCUT2D eigenvalue weighted by Gasteiger charge is 2.26. The maximum absolute atomic E-state index is 12.6. The molecule has 0 aliphatic carbocycles. The molecular weight excluding hydrogens is 268 g/mol. The summed E-state index contributed by atoms with van der Waals surface area (Å²) in [5.41, 5.74) is 7.08. The van der Waals surface area contributed by atoms with Crippen LogP contribution in [0.25, 0.3) is 0 Å². The van der Waals surface area contributed by atoms with E-state index in [9.17, 15) is 4.79 Å². The molecule has 0 spiro atoms. The smallest absolute Gasteiger partial charge is 0.257 e. The molecule has 1 aliphatic rings.